The van der Waals surface area contributed by atoms with Crippen molar-refractivity contribution in [3.63, 3.8) is 0 Å². The summed E-state index contributed by atoms with van der Waals surface area (Å²) in [4.78, 5) is 4.52. The van der Waals surface area contributed by atoms with E-state index in [-0.39, 0.29) is 0 Å². The first-order valence-corrected chi connectivity index (χ1v) is 7.99. The predicted octanol–water partition coefficient (Wildman–Crippen LogP) is 4.40. The number of benzene rings is 1. The second kappa shape index (κ2) is 5.76. The molecule has 0 saturated carbocycles. The highest BCUT2D eigenvalue weighted by Crippen LogP contribution is 2.28. The van der Waals surface area contributed by atoms with Gasteiger partial charge in [-0.15, -0.1) is 0 Å². The molecule has 0 atom stereocenters. The monoisotopic (exact) mass is 338 g/mol. The lowest BCUT2D eigenvalue weighted by molar-refractivity contribution is 0.393. The van der Waals surface area contributed by atoms with E-state index < -0.39 is 0 Å². The van der Waals surface area contributed by atoms with Crippen LogP contribution in [0, 0.1) is 13.8 Å². The van der Waals surface area contributed by atoms with Crippen molar-refractivity contribution >= 4 is 22.6 Å². The van der Waals surface area contributed by atoms with E-state index in [1.807, 2.05) is 49.0 Å². The molecule has 4 rings (SSSR count). The van der Waals surface area contributed by atoms with Gasteiger partial charge >= 0.3 is 0 Å². The van der Waals surface area contributed by atoms with Gasteiger partial charge in [-0.25, -0.2) is 0 Å². The topological polar surface area (TPSA) is 56.7 Å². The second-order valence-electron chi connectivity index (χ2n) is 5.76. The van der Waals surface area contributed by atoms with E-state index in [4.69, 9.17) is 16.1 Å². The number of fused-ring (bicyclic) bond motifs is 1. The summed E-state index contributed by atoms with van der Waals surface area (Å²) in [5, 5.41) is 9.21. The first-order chi connectivity index (χ1) is 11.6. The minimum atomic E-state index is 0.660. The van der Waals surface area contributed by atoms with Crippen LogP contribution < -0.4 is 0 Å². The van der Waals surface area contributed by atoms with Crippen LogP contribution in [0.15, 0.2) is 47.2 Å². The lowest BCUT2D eigenvalue weighted by atomic mass is 10.1. The Kier molecular flexibility index (Phi) is 3.58. The molecule has 0 saturated heterocycles. The molecule has 0 aliphatic rings. The number of hydrogen-bond acceptors (Lipinski definition) is 4. The fourth-order valence-corrected chi connectivity index (χ4v) is 3.00. The van der Waals surface area contributed by atoms with Gasteiger partial charge in [0.1, 0.15) is 11.3 Å². The number of hydrogen-bond donors (Lipinski definition) is 0. The summed E-state index contributed by atoms with van der Waals surface area (Å²) in [5.74, 6) is 0.789. The fourth-order valence-electron chi connectivity index (χ4n) is 2.88. The van der Waals surface area contributed by atoms with E-state index >= 15 is 0 Å². The highest BCUT2D eigenvalue weighted by atomic mass is 35.5. The molecule has 0 N–H and O–H groups in total. The Labute approximate surface area is 143 Å². The Morgan fingerprint density at radius 3 is 2.62 bits per heavy atom. The maximum atomic E-state index is 5.95. The van der Waals surface area contributed by atoms with Crippen molar-refractivity contribution in [3.8, 4) is 11.1 Å². The smallest absolute Gasteiger partial charge is 0.141 e. The van der Waals surface area contributed by atoms with E-state index in [1.54, 1.807) is 6.20 Å². The molecule has 0 bridgehead atoms. The van der Waals surface area contributed by atoms with Gasteiger partial charge in [0, 0.05) is 22.3 Å². The first kappa shape index (κ1) is 14.9. The van der Waals surface area contributed by atoms with Gasteiger partial charge < -0.3 is 4.52 Å². The quantitative estimate of drug-likeness (QED) is 0.555. The number of aromatic nitrogens is 4. The lowest BCUT2D eigenvalue weighted by Crippen LogP contribution is -2.01. The maximum absolute atomic E-state index is 5.95. The number of rotatable bonds is 3. The third-order valence-electron chi connectivity index (χ3n) is 4.06. The molecule has 5 nitrogen and oxygen atoms in total. The average molecular weight is 339 g/mol. The SMILES string of the molecule is Cc1noc(C)c1-c1cnc2cnn(Cc3ccc(Cl)cc3)c2c1. The zero-order valence-corrected chi connectivity index (χ0v) is 14.1. The molecule has 0 aliphatic carbocycles. The number of pyridine rings is 1. The van der Waals surface area contributed by atoms with Crippen LogP contribution in [0.4, 0.5) is 0 Å². The van der Waals surface area contributed by atoms with E-state index in [9.17, 15) is 0 Å². The van der Waals surface area contributed by atoms with Crippen molar-refractivity contribution in [1.29, 1.82) is 0 Å². The van der Waals surface area contributed by atoms with Crippen LogP contribution in [-0.4, -0.2) is 19.9 Å². The summed E-state index contributed by atoms with van der Waals surface area (Å²) in [5.41, 5.74) is 5.80. The first-order valence-electron chi connectivity index (χ1n) is 7.61. The van der Waals surface area contributed by atoms with Crippen LogP contribution in [0.1, 0.15) is 17.0 Å². The Morgan fingerprint density at radius 1 is 1.12 bits per heavy atom. The van der Waals surface area contributed by atoms with Crippen LogP contribution in [0.5, 0.6) is 0 Å². The van der Waals surface area contributed by atoms with E-state index in [0.717, 1.165) is 44.2 Å². The fraction of sp³-hybridized carbons (Fsp3) is 0.167. The van der Waals surface area contributed by atoms with E-state index in [1.165, 1.54) is 0 Å². The van der Waals surface area contributed by atoms with Crippen LogP contribution >= 0.6 is 11.6 Å². The van der Waals surface area contributed by atoms with E-state index in [0.29, 0.717) is 6.54 Å². The molecular weight excluding hydrogens is 324 g/mol. The van der Waals surface area contributed by atoms with Crippen molar-refractivity contribution in [2.45, 2.75) is 20.4 Å². The molecule has 120 valence electrons. The van der Waals surface area contributed by atoms with Gasteiger partial charge in [0.2, 0.25) is 0 Å². The van der Waals surface area contributed by atoms with Crippen molar-refractivity contribution in [2.24, 2.45) is 0 Å². The summed E-state index contributed by atoms with van der Waals surface area (Å²) < 4.78 is 7.21. The highest BCUT2D eigenvalue weighted by Gasteiger charge is 2.14. The third-order valence-corrected chi connectivity index (χ3v) is 4.31. The minimum Gasteiger partial charge on any atom is -0.361 e. The van der Waals surface area contributed by atoms with Crippen molar-refractivity contribution in [3.05, 3.63) is 64.8 Å². The normalized spacial score (nSPS) is 11.3. The van der Waals surface area contributed by atoms with Crippen LogP contribution in [0.2, 0.25) is 5.02 Å². The van der Waals surface area contributed by atoms with Gasteiger partial charge in [0.15, 0.2) is 0 Å². The number of aryl methyl sites for hydroxylation is 2. The molecule has 0 fully saturated rings. The summed E-state index contributed by atoms with van der Waals surface area (Å²) in [6.45, 7) is 4.50. The van der Waals surface area contributed by atoms with Gasteiger partial charge in [-0.2, -0.15) is 5.10 Å². The van der Waals surface area contributed by atoms with Crippen molar-refractivity contribution in [2.75, 3.05) is 0 Å². The molecule has 0 radical (unpaired) electrons. The van der Waals surface area contributed by atoms with Crippen molar-refractivity contribution < 1.29 is 4.52 Å². The second-order valence-corrected chi connectivity index (χ2v) is 6.19. The number of halogens is 1. The van der Waals surface area contributed by atoms with Crippen LogP contribution in [0.25, 0.3) is 22.2 Å². The van der Waals surface area contributed by atoms with Gasteiger partial charge in [-0.05, 0) is 37.6 Å². The zero-order valence-electron chi connectivity index (χ0n) is 13.3. The molecule has 0 unspecified atom stereocenters. The molecule has 3 aromatic heterocycles. The summed E-state index contributed by atoms with van der Waals surface area (Å²) in [7, 11) is 0. The Morgan fingerprint density at radius 2 is 1.92 bits per heavy atom. The molecular formula is C18H15ClN4O. The minimum absolute atomic E-state index is 0.660. The largest absolute Gasteiger partial charge is 0.361 e. The molecule has 0 aliphatic heterocycles. The summed E-state index contributed by atoms with van der Waals surface area (Å²) >= 11 is 5.95. The van der Waals surface area contributed by atoms with Crippen molar-refractivity contribution in [1.82, 2.24) is 19.9 Å². The molecule has 4 aromatic rings. The van der Waals surface area contributed by atoms with Gasteiger partial charge in [0.05, 0.1) is 24.0 Å². The Balaban J connectivity index is 1.77. The molecule has 24 heavy (non-hydrogen) atoms. The molecule has 1 aromatic carbocycles. The van der Waals surface area contributed by atoms with Gasteiger partial charge in [-0.3, -0.25) is 9.67 Å². The highest BCUT2D eigenvalue weighted by molar-refractivity contribution is 6.30. The molecule has 3 heterocycles. The van der Waals surface area contributed by atoms with Crippen LogP contribution in [0.3, 0.4) is 0 Å². The van der Waals surface area contributed by atoms with Gasteiger partial charge in [-0.1, -0.05) is 28.9 Å². The molecule has 0 amide bonds. The lowest BCUT2D eigenvalue weighted by Gasteiger charge is -2.06. The maximum Gasteiger partial charge on any atom is 0.141 e. The third kappa shape index (κ3) is 2.57. The predicted molar refractivity (Wildman–Crippen MR) is 93.1 cm³/mol. The van der Waals surface area contributed by atoms with Gasteiger partial charge in [0.25, 0.3) is 0 Å². The van der Waals surface area contributed by atoms with E-state index in [2.05, 4.69) is 21.3 Å². The number of nitrogens with zero attached hydrogens (tertiary/aromatic N) is 4. The summed E-state index contributed by atoms with van der Waals surface area (Å²) in [6, 6.07) is 9.85. The Bertz CT molecular complexity index is 998. The summed E-state index contributed by atoms with van der Waals surface area (Å²) in [6.07, 6.45) is 3.62. The van der Waals surface area contributed by atoms with Crippen LogP contribution in [-0.2, 0) is 6.54 Å². The average Bonchev–Trinajstić information content (AvgIpc) is 3.13. The molecule has 6 heteroatoms. The zero-order chi connectivity index (χ0) is 16.7. The standard InChI is InChI=1S/C18H15ClN4O/c1-11-18(12(2)24-22-11)14-7-17-16(20-8-14)9-21-23(17)10-13-3-5-15(19)6-4-13/h3-9H,10H2,1-2H3. The Hall–Kier alpha value is -2.66. The molecule has 0 spiro atoms.